The largest absolute Gasteiger partial charge is 0.466 e. The maximum absolute atomic E-state index is 10.6. The van der Waals surface area contributed by atoms with Crippen molar-refractivity contribution in [3.63, 3.8) is 0 Å². The van der Waals surface area contributed by atoms with Gasteiger partial charge in [-0.1, -0.05) is 23.8 Å². The van der Waals surface area contributed by atoms with Gasteiger partial charge in [0.15, 0.2) is 0 Å². The average molecular weight is 192 g/mol. The molecule has 0 heterocycles. The molecule has 0 spiro atoms. The van der Waals surface area contributed by atoms with E-state index < -0.39 is 0 Å². The van der Waals surface area contributed by atoms with Crippen molar-refractivity contribution in [2.24, 2.45) is 0 Å². The van der Waals surface area contributed by atoms with Gasteiger partial charge >= 0.3 is 5.97 Å². The number of benzene rings is 1. The molecule has 0 aliphatic rings. The van der Waals surface area contributed by atoms with Gasteiger partial charge < -0.3 is 4.74 Å². The van der Waals surface area contributed by atoms with E-state index in [0.717, 1.165) is 6.42 Å². The van der Waals surface area contributed by atoms with Gasteiger partial charge in [0.05, 0.1) is 6.61 Å². The summed E-state index contributed by atoms with van der Waals surface area (Å²) >= 11 is 0. The number of ether oxygens (including phenoxy) is 1. The van der Waals surface area contributed by atoms with Crippen LogP contribution in [-0.2, 0) is 16.0 Å². The van der Waals surface area contributed by atoms with E-state index in [1.807, 2.05) is 0 Å². The van der Waals surface area contributed by atoms with Crippen LogP contribution >= 0.6 is 0 Å². The van der Waals surface area contributed by atoms with Crippen LogP contribution in [0.5, 0.6) is 0 Å². The van der Waals surface area contributed by atoms with Crippen molar-refractivity contribution in [3.05, 3.63) is 34.9 Å². The van der Waals surface area contributed by atoms with E-state index in [-0.39, 0.29) is 5.97 Å². The Morgan fingerprint density at radius 1 is 1.36 bits per heavy atom. The van der Waals surface area contributed by atoms with Gasteiger partial charge in [0.2, 0.25) is 0 Å². The third-order valence-electron chi connectivity index (χ3n) is 2.18. The number of hydrogen-bond acceptors (Lipinski definition) is 2. The molecule has 0 saturated heterocycles. The van der Waals surface area contributed by atoms with Gasteiger partial charge in [-0.15, -0.1) is 0 Å². The van der Waals surface area contributed by atoms with Gasteiger partial charge in [-0.3, -0.25) is 4.79 Å². The molecule has 1 aromatic carbocycles. The molecule has 76 valence electrons. The topological polar surface area (TPSA) is 26.3 Å². The van der Waals surface area contributed by atoms with Crippen LogP contribution < -0.4 is 0 Å². The molecule has 0 bridgehead atoms. The molecule has 2 heteroatoms. The second-order valence-electron chi connectivity index (χ2n) is 3.52. The molecule has 2 nitrogen and oxygen atoms in total. The van der Waals surface area contributed by atoms with Gasteiger partial charge in [0, 0.05) is 13.3 Å². The first-order valence-electron chi connectivity index (χ1n) is 4.79. The number of aryl methyl sites for hydroxylation is 2. The first-order chi connectivity index (χ1) is 6.59. The summed E-state index contributed by atoms with van der Waals surface area (Å²) in [6.07, 6.45) is 0.799. The Bertz CT molecular complexity index is 329. The van der Waals surface area contributed by atoms with Crippen molar-refractivity contribution in [1.29, 1.82) is 0 Å². The monoisotopic (exact) mass is 192 g/mol. The minimum absolute atomic E-state index is 0.213. The minimum Gasteiger partial charge on any atom is -0.466 e. The predicted molar refractivity (Wildman–Crippen MR) is 56.3 cm³/mol. The number of rotatable bonds is 3. The van der Waals surface area contributed by atoms with E-state index in [0.29, 0.717) is 6.61 Å². The zero-order valence-electron chi connectivity index (χ0n) is 8.96. The molecule has 14 heavy (non-hydrogen) atoms. The molecule has 1 aromatic rings. The lowest BCUT2D eigenvalue weighted by molar-refractivity contribution is -0.140. The summed E-state index contributed by atoms with van der Waals surface area (Å²) in [6.45, 7) is 6.04. The van der Waals surface area contributed by atoms with E-state index in [2.05, 4.69) is 32.0 Å². The summed E-state index contributed by atoms with van der Waals surface area (Å²) in [5.74, 6) is -0.213. The normalized spacial score (nSPS) is 9.93. The van der Waals surface area contributed by atoms with E-state index in [4.69, 9.17) is 4.74 Å². The van der Waals surface area contributed by atoms with Gasteiger partial charge in [0.25, 0.3) is 0 Å². The second kappa shape index (κ2) is 4.80. The molecule has 0 aromatic heterocycles. The van der Waals surface area contributed by atoms with Crippen LogP contribution in [0.4, 0.5) is 0 Å². The van der Waals surface area contributed by atoms with E-state index in [1.165, 1.54) is 23.6 Å². The summed E-state index contributed by atoms with van der Waals surface area (Å²) in [5, 5.41) is 0. The number of esters is 1. The standard InChI is InChI=1S/C12H16O2/c1-9-4-5-10(2)12(8-9)6-7-14-11(3)13/h4-5,8H,6-7H2,1-3H3. The molecular formula is C12H16O2. The Morgan fingerprint density at radius 2 is 2.07 bits per heavy atom. The van der Waals surface area contributed by atoms with Crippen LogP contribution in [0.25, 0.3) is 0 Å². The van der Waals surface area contributed by atoms with Crippen molar-refractivity contribution in [2.75, 3.05) is 6.61 Å². The minimum atomic E-state index is -0.213. The van der Waals surface area contributed by atoms with E-state index >= 15 is 0 Å². The molecule has 0 N–H and O–H groups in total. The second-order valence-corrected chi connectivity index (χ2v) is 3.52. The third-order valence-corrected chi connectivity index (χ3v) is 2.18. The summed E-state index contributed by atoms with van der Waals surface area (Å²) < 4.78 is 4.90. The van der Waals surface area contributed by atoms with Gasteiger partial charge in [-0.05, 0) is 25.0 Å². The highest BCUT2D eigenvalue weighted by molar-refractivity contribution is 5.65. The van der Waals surface area contributed by atoms with Crippen LogP contribution in [-0.4, -0.2) is 12.6 Å². The Labute approximate surface area is 84.9 Å². The fraction of sp³-hybridized carbons (Fsp3) is 0.417. The fourth-order valence-corrected chi connectivity index (χ4v) is 1.37. The van der Waals surface area contributed by atoms with E-state index in [9.17, 15) is 4.79 Å². The molecular weight excluding hydrogens is 176 g/mol. The summed E-state index contributed by atoms with van der Waals surface area (Å²) in [4.78, 5) is 10.6. The Balaban J connectivity index is 2.57. The number of carbonyl (C=O) groups excluding carboxylic acids is 1. The molecule has 0 aliphatic heterocycles. The molecule has 0 radical (unpaired) electrons. The molecule has 1 rings (SSSR count). The SMILES string of the molecule is CC(=O)OCCc1cc(C)ccc1C. The zero-order valence-corrected chi connectivity index (χ0v) is 8.96. The van der Waals surface area contributed by atoms with Gasteiger partial charge in [0.1, 0.15) is 0 Å². The van der Waals surface area contributed by atoms with E-state index in [1.54, 1.807) is 0 Å². The van der Waals surface area contributed by atoms with Crippen LogP contribution in [0.3, 0.4) is 0 Å². The number of carbonyl (C=O) groups is 1. The smallest absolute Gasteiger partial charge is 0.302 e. The molecule has 0 amide bonds. The highest BCUT2D eigenvalue weighted by Gasteiger charge is 1.99. The van der Waals surface area contributed by atoms with Gasteiger partial charge in [-0.25, -0.2) is 0 Å². The van der Waals surface area contributed by atoms with Crippen molar-refractivity contribution in [3.8, 4) is 0 Å². The van der Waals surface area contributed by atoms with Crippen molar-refractivity contribution >= 4 is 5.97 Å². The third kappa shape index (κ3) is 3.21. The highest BCUT2D eigenvalue weighted by atomic mass is 16.5. The van der Waals surface area contributed by atoms with Gasteiger partial charge in [-0.2, -0.15) is 0 Å². The zero-order chi connectivity index (χ0) is 10.6. The molecule has 0 atom stereocenters. The van der Waals surface area contributed by atoms with Crippen LogP contribution in [0.1, 0.15) is 23.6 Å². The molecule has 0 unspecified atom stereocenters. The molecule has 0 saturated carbocycles. The average Bonchev–Trinajstić information content (AvgIpc) is 2.10. The number of hydrogen-bond donors (Lipinski definition) is 0. The Kier molecular flexibility index (Phi) is 3.69. The maximum Gasteiger partial charge on any atom is 0.302 e. The summed E-state index contributed by atoms with van der Waals surface area (Å²) in [7, 11) is 0. The molecule has 0 aliphatic carbocycles. The van der Waals surface area contributed by atoms with Crippen LogP contribution in [0.2, 0.25) is 0 Å². The first kappa shape index (κ1) is 10.8. The summed E-state index contributed by atoms with van der Waals surface area (Å²) in [6, 6.07) is 6.32. The molecule has 0 fully saturated rings. The Hall–Kier alpha value is -1.31. The Morgan fingerprint density at radius 3 is 2.71 bits per heavy atom. The van der Waals surface area contributed by atoms with Crippen LogP contribution in [0, 0.1) is 13.8 Å². The quantitative estimate of drug-likeness (QED) is 0.687. The van der Waals surface area contributed by atoms with Crippen LogP contribution in [0.15, 0.2) is 18.2 Å². The van der Waals surface area contributed by atoms with Crippen molar-refractivity contribution < 1.29 is 9.53 Å². The lowest BCUT2D eigenvalue weighted by Gasteiger charge is -2.06. The lowest BCUT2D eigenvalue weighted by Crippen LogP contribution is -2.04. The highest BCUT2D eigenvalue weighted by Crippen LogP contribution is 2.11. The summed E-state index contributed by atoms with van der Waals surface area (Å²) in [5.41, 5.74) is 3.75. The first-order valence-corrected chi connectivity index (χ1v) is 4.79. The fourth-order valence-electron chi connectivity index (χ4n) is 1.37. The lowest BCUT2D eigenvalue weighted by atomic mass is 10.0. The predicted octanol–water partition coefficient (Wildman–Crippen LogP) is 2.41. The van der Waals surface area contributed by atoms with Crippen molar-refractivity contribution in [2.45, 2.75) is 27.2 Å². The maximum atomic E-state index is 10.6. The van der Waals surface area contributed by atoms with Crippen molar-refractivity contribution in [1.82, 2.24) is 0 Å².